The second-order valence-electron chi connectivity index (χ2n) is 8.83. The second-order valence-corrected chi connectivity index (χ2v) is 10.7. The zero-order valence-corrected chi connectivity index (χ0v) is 20.9. The lowest BCUT2D eigenvalue weighted by molar-refractivity contribution is 0.0809. The smallest absolute Gasteiger partial charge is 0.317 e. The van der Waals surface area contributed by atoms with Crippen LogP contribution in [0.25, 0.3) is 0 Å². The van der Waals surface area contributed by atoms with Gasteiger partial charge in [0.15, 0.2) is 0 Å². The van der Waals surface area contributed by atoms with Gasteiger partial charge in [0, 0.05) is 37.2 Å². The molecule has 0 spiro atoms. The minimum atomic E-state index is -3.96. The maximum Gasteiger partial charge on any atom is 0.317 e. The molecule has 9 nitrogen and oxygen atoms in total. The first kappa shape index (κ1) is 26.9. The molecule has 1 aliphatic rings. The number of likely N-dealkylation sites (N-methyl/N-ethyl adjacent to an activating group) is 1. The molecule has 1 aromatic rings. The third kappa shape index (κ3) is 6.84. The molecule has 0 aromatic heterocycles. The molecule has 0 saturated heterocycles. The Hall–Kier alpha value is -2.32. The maximum absolute atomic E-state index is 13.4. The van der Waals surface area contributed by atoms with Crippen molar-refractivity contribution in [3.05, 3.63) is 23.8 Å². The quantitative estimate of drug-likeness (QED) is 0.545. The Bertz CT molecular complexity index is 999. The summed E-state index contributed by atoms with van der Waals surface area (Å²) in [6.45, 7) is 8.78. The van der Waals surface area contributed by atoms with E-state index in [0.29, 0.717) is 5.56 Å². The summed E-state index contributed by atoms with van der Waals surface area (Å²) in [6.07, 6.45) is -1.35. The zero-order chi connectivity index (χ0) is 24.9. The van der Waals surface area contributed by atoms with Crippen LogP contribution in [0.1, 0.15) is 40.2 Å². The maximum atomic E-state index is 13.4. The van der Waals surface area contributed by atoms with Crippen LogP contribution in [0.15, 0.2) is 23.1 Å². The fraction of sp³-hybridized carbons (Fsp3) is 0.609. The number of nitrogens with zero attached hydrogens (tertiary/aromatic N) is 2. The van der Waals surface area contributed by atoms with E-state index in [1.165, 1.54) is 28.3 Å². The number of fused-ring (bicyclic) bond motifs is 1. The van der Waals surface area contributed by atoms with Gasteiger partial charge in [0.1, 0.15) is 22.9 Å². The number of ether oxygens (including phenoxy) is 1. The Balaban J connectivity index is 2.53. The molecule has 33 heavy (non-hydrogen) atoms. The summed E-state index contributed by atoms with van der Waals surface area (Å²) in [7, 11) is -2.31. The van der Waals surface area contributed by atoms with E-state index in [1.54, 1.807) is 20.0 Å². The van der Waals surface area contributed by atoms with Gasteiger partial charge in [-0.1, -0.05) is 18.8 Å². The molecule has 2 rings (SSSR count). The summed E-state index contributed by atoms with van der Waals surface area (Å²) in [4.78, 5) is 13.9. The molecule has 0 aliphatic carbocycles. The number of sulfonamides is 1. The van der Waals surface area contributed by atoms with Crippen LogP contribution in [0.2, 0.25) is 0 Å². The van der Waals surface area contributed by atoms with Crippen molar-refractivity contribution in [1.29, 1.82) is 0 Å². The molecule has 0 radical (unpaired) electrons. The average molecular weight is 482 g/mol. The molecule has 1 aromatic carbocycles. The molecule has 10 heteroatoms. The Morgan fingerprint density at radius 1 is 1.33 bits per heavy atom. The normalized spacial score (nSPS) is 22.0. The van der Waals surface area contributed by atoms with Gasteiger partial charge < -0.3 is 25.2 Å². The predicted octanol–water partition coefficient (Wildman–Crippen LogP) is 1.24. The number of urea groups is 1. The Morgan fingerprint density at radius 3 is 2.58 bits per heavy atom. The molecule has 0 saturated carbocycles. The number of carbonyl (C=O) groups excluding carboxylic acids is 1. The summed E-state index contributed by atoms with van der Waals surface area (Å²) < 4.78 is 34.4. The van der Waals surface area contributed by atoms with Gasteiger partial charge in [-0.15, -0.1) is 0 Å². The number of hydrogen-bond acceptors (Lipinski definition) is 6. The fourth-order valence-electron chi connectivity index (χ4n) is 3.42. The summed E-state index contributed by atoms with van der Waals surface area (Å²) in [6, 6.07) is 3.59. The van der Waals surface area contributed by atoms with E-state index in [2.05, 4.69) is 17.2 Å². The van der Waals surface area contributed by atoms with Crippen molar-refractivity contribution in [2.45, 2.75) is 63.8 Å². The summed E-state index contributed by atoms with van der Waals surface area (Å²) in [5.41, 5.74) is 0.490. The van der Waals surface area contributed by atoms with Crippen LogP contribution in [-0.4, -0.2) is 84.9 Å². The van der Waals surface area contributed by atoms with Crippen molar-refractivity contribution in [3.63, 3.8) is 0 Å². The number of benzene rings is 1. The van der Waals surface area contributed by atoms with E-state index in [4.69, 9.17) is 4.74 Å². The highest BCUT2D eigenvalue weighted by Crippen LogP contribution is 2.34. The van der Waals surface area contributed by atoms with E-state index < -0.39 is 28.3 Å². The minimum absolute atomic E-state index is 0.0301. The molecular weight excluding hydrogens is 446 g/mol. The molecule has 1 heterocycles. The van der Waals surface area contributed by atoms with Crippen LogP contribution in [0.4, 0.5) is 4.79 Å². The van der Waals surface area contributed by atoms with Crippen LogP contribution >= 0.6 is 0 Å². The molecule has 0 unspecified atom stereocenters. The number of carbonyl (C=O) groups is 1. The monoisotopic (exact) mass is 481 g/mol. The van der Waals surface area contributed by atoms with Crippen LogP contribution in [-0.2, 0) is 10.0 Å². The number of aliphatic hydroxyl groups is 2. The first-order valence-electron chi connectivity index (χ1n) is 11.0. The van der Waals surface area contributed by atoms with Crippen molar-refractivity contribution < 1.29 is 28.2 Å². The SMILES string of the molecule is CC(C)NC(=O)N(C)C[C@@H]1Oc2cc(C#C[C@H](C)O)ccc2S(=O)(=O)N([C@H](C)CO)C[C@H]1C. The van der Waals surface area contributed by atoms with E-state index >= 15 is 0 Å². The molecule has 4 atom stereocenters. The number of aliphatic hydroxyl groups excluding tert-OH is 2. The van der Waals surface area contributed by atoms with Crippen molar-refractivity contribution in [1.82, 2.24) is 14.5 Å². The summed E-state index contributed by atoms with van der Waals surface area (Å²) in [5, 5.41) is 22.0. The lowest BCUT2D eigenvalue weighted by atomic mass is 10.0. The lowest BCUT2D eigenvalue weighted by Crippen LogP contribution is -2.51. The molecular formula is C23H35N3O6S. The largest absolute Gasteiger partial charge is 0.487 e. The van der Waals surface area contributed by atoms with Gasteiger partial charge in [0.05, 0.1) is 13.2 Å². The number of hydrogen-bond donors (Lipinski definition) is 3. The third-order valence-corrected chi connectivity index (χ3v) is 7.32. The highest BCUT2D eigenvalue weighted by Gasteiger charge is 2.38. The van der Waals surface area contributed by atoms with Crippen LogP contribution in [0.5, 0.6) is 5.75 Å². The van der Waals surface area contributed by atoms with Gasteiger partial charge >= 0.3 is 6.03 Å². The highest BCUT2D eigenvalue weighted by molar-refractivity contribution is 7.89. The van der Waals surface area contributed by atoms with E-state index in [0.717, 1.165) is 0 Å². The topological polar surface area (TPSA) is 119 Å². The van der Waals surface area contributed by atoms with Gasteiger partial charge in [0.2, 0.25) is 10.0 Å². The summed E-state index contributed by atoms with van der Waals surface area (Å²) >= 11 is 0. The van der Waals surface area contributed by atoms with Crippen LogP contribution in [0, 0.1) is 17.8 Å². The standard InChI is InChI=1S/C23H35N3O6S/c1-15(2)24-23(29)25(6)13-21-16(3)12-26(17(4)14-27)33(30,31)22-10-9-19(8-7-18(5)28)11-20(22)32-21/h9-11,15-18,21,27-28H,12-14H2,1-6H3,(H,24,29)/t16-,17-,18+,21+/m1/s1. The molecule has 0 bridgehead atoms. The van der Waals surface area contributed by atoms with Crippen molar-refractivity contribution in [3.8, 4) is 17.6 Å². The van der Waals surface area contributed by atoms with Gasteiger partial charge in [-0.25, -0.2) is 13.2 Å². The Kier molecular flexibility index (Phi) is 9.14. The Morgan fingerprint density at radius 2 is 2.00 bits per heavy atom. The van der Waals surface area contributed by atoms with E-state index in [1.807, 2.05) is 20.8 Å². The number of nitrogens with one attached hydrogen (secondary N) is 1. The van der Waals surface area contributed by atoms with Gasteiger partial charge in [-0.3, -0.25) is 0 Å². The molecule has 2 amide bonds. The highest BCUT2D eigenvalue weighted by atomic mass is 32.2. The third-order valence-electron chi connectivity index (χ3n) is 5.31. The Labute approximate surface area is 196 Å². The number of rotatable bonds is 5. The van der Waals surface area contributed by atoms with Crippen LogP contribution in [0.3, 0.4) is 0 Å². The predicted molar refractivity (Wildman–Crippen MR) is 125 cm³/mol. The molecule has 0 fully saturated rings. The molecule has 1 aliphatic heterocycles. The average Bonchev–Trinajstić information content (AvgIpc) is 2.73. The van der Waals surface area contributed by atoms with Crippen molar-refractivity contribution in [2.75, 3.05) is 26.7 Å². The lowest BCUT2D eigenvalue weighted by Gasteiger charge is -2.37. The van der Waals surface area contributed by atoms with Crippen molar-refractivity contribution in [2.24, 2.45) is 5.92 Å². The van der Waals surface area contributed by atoms with Gasteiger partial charge in [-0.2, -0.15) is 4.31 Å². The molecule has 184 valence electrons. The first-order chi connectivity index (χ1) is 15.4. The van der Waals surface area contributed by atoms with E-state index in [9.17, 15) is 23.4 Å². The first-order valence-corrected chi connectivity index (χ1v) is 12.5. The van der Waals surface area contributed by atoms with Gasteiger partial charge in [0.25, 0.3) is 0 Å². The second kappa shape index (κ2) is 11.2. The zero-order valence-electron chi connectivity index (χ0n) is 20.1. The van der Waals surface area contributed by atoms with Gasteiger partial charge in [-0.05, 0) is 45.9 Å². The summed E-state index contributed by atoms with van der Waals surface area (Å²) in [5.74, 6) is 5.27. The molecule has 3 N–H and O–H groups in total. The van der Waals surface area contributed by atoms with Crippen molar-refractivity contribution >= 4 is 16.1 Å². The van der Waals surface area contributed by atoms with E-state index in [-0.39, 0.29) is 48.3 Å². The fourth-order valence-corrected chi connectivity index (χ4v) is 5.24. The number of amides is 2. The van der Waals surface area contributed by atoms with Crippen LogP contribution < -0.4 is 10.1 Å². The minimum Gasteiger partial charge on any atom is -0.487 e.